The van der Waals surface area contributed by atoms with Crippen LogP contribution in [0.25, 0.3) is 11.0 Å². The van der Waals surface area contributed by atoms with Crippen LogP contribution in [0.3, 0.4) is 0 Å². The van der Waals surface area contributed by atoms with Gasteiger partial charge in [0.25, 0.3) is 0 Å². The largest absolute Gasteiger partial charge is 0.489 e. The van der Waals surface area contributed by atoms with Gasteiger partial charge >= 0.3 is 0 Å². The van der Waals surface area contributed by atoms with Gasteiger partial charge in [-0.25, -0.2) is 0 Å². The first kappa shape index (κ1) is 24.9. The number of aliphatic hydroxyl groups is 2. The quantitative estimate of drug-likeness (QED) is 0.317. The van der Waals surface area contributed by atoms with Gasteiger partial charge < -0.3 is 24.1 Å². The Hall–Kier alpha value is -3.07. The molecule has 1 aliphatic heterocycles. The third-order valence-electron chi connectivity index (χ3n) is 9.41. The lowest BCUT2D eigenvalue weighted by molar-refractivity contribution is -0.0725. The van der Waals surface area contributed by atoms with Crippen LogP contribution in [0.15, 0.2) is 39.5 Å². The summed E-state index contributed by atoms with van der Waals surface area (Å²) >= 11 is 0. The summed E-state index contributed by atoms with van der Waals surface area (Å²) in [4.78, 5) is 14.5. The van der Waals surface area contributed by atoms with Crippen molar-refractivity contribution in [1.29, 1.82) is 0 Å². The van der Waals surface area contributed by atoms with Gasteiger partial charge in [-0.3, -0.25) is 15.5 Å². The zero-order chi connectivity index (χ0) is 26.9. The predicted octanol–water partition coefficient (Wildman–Crippen LogP) is 5.65. The van der Waals surface area contributed by atoms with E-state index in [1.54, 1.807) is 18.2 Å². The van der Waals surface area contributed by atoms with Gasteiger partial charge in [-0.1, -0.05) is 12.1 Å². The lowest BCUT2D eigenvalue weighted by Crippen LogP contribution is -2.47. The molecule has 3 aliphatic carbocycles. The van der Waals surface area contributed by atoms with E-state index in [0.717, 1.165) is 49.7 Å². The van der Waals surface area contributed by atoms with Gasteiger partial charge in [0.2, 0.25) is 5.43 Å². The fourth-order valence-electron chi connectivity index (χ4n) is 7.44. The van der Waals surface area contributed by atoms with Crippen LogP contribution in [0.5, 0.6) is 11.5 Å². The summed E-state index contributed by atoms with van der Waals surface area (Å²) in [6.45, 7) is 1.83. The predicted molar refractivity (Wildman–Crippen MR) is 145 cm³/mol. The van der Waals surface area contributed by atoms with Gasteiger partial charge in [0, 0.05) is 29.0 Å². The van der Waals surface area contributed by atoms with E-state index in [9.17, 15) is 20.2 Å². The van der Waals surface area contributed by atoms with Crippen LogP contribution in [-0.2, 0) is 0 Å². The van der Waals surface area contributed by atoms with E-state index >= 15 is 0 Å². The molecule has 7 rings (SSSR count). The number of nitrogens with one attached hydrogen (secondary N) is 1. The van der Waals surface area contributed by atoms with Gasteiger partial charge in [-0.15, -0.1) is 0 Å². The third kappa shape index (κ3) is 3.95. The highest BCUT2D eigenvalue weighted by molar-refractivity contribution is 5.89. The number of fused-ring (bicyclic) bond motifs is 5. The highest BCUT2D eigenvalue weighted by atomic mass is 16.5. The van der Waals surface area contributed by atoms with Crippen LogP contribution in [0.2, 0.25) is 0 Å². The molecule has 8 heteroatoms. The van der Waals surface area contributed by atoms with Gasteiger partial charge in [-0.05, 0) is 82.4 Å². The van der Waals surface area contributed by atoms with Crippen molar-refractivity contribution in [3.8, 4) is 11.5 Å². The molecule has 0 saturated heterocycles. The van der Waals surface area contributed by atoms with Crippen molar-refractivity contribution in [2.24, 2.45) is 0 Å². The summed E-state index contributed by atoms with van der Waals surface area (Å²) in [5.74, 6) is 1.10. The number of aliphatic hydroxyl groups excluding tert-OH is 1. The molecule has 0 amide bonds. The molecule has 8 nitrogen and oxygen atoms in total. The number of ether oxygens (including phenoxy) is 2. The molecule has 2 saturated carbocycles. The Bertz CT molecular complexity index is 1470. The topological polar surface area (TPSA) is 121 Å². The lowest BCUT2D eigenvalue weighted by atomic mass is 9.74. The molecule has 2 aromatic carbocycles. The van der Waals surface area contributed by atoms with E-state index in [4.69, 9.17) is 13.9 Å². The van der Waals surface area contributed by atoms with Crippen LogP contribution in [0.1, 0.15) is 105 Å². The number of benzene rings is 2. The van der Waals surface area contributed by atoms with E-state index < -0.39 is 17.8 Å². The van der Waals surface area contributed by atoms with Crippen molar-refractivity contribution in [2.45, 2.75) is 100 Å². The first-order valence-corrected chi connectivity index (χ1v) is 14.3. The minimum absolute atomic E-state index is 0.0122. The Kier molecular flexibility index (Phi) is 5.91. The van der Waals surface area contributed by atoms with Crippen LogP contribution in [-0.4, -0.2) is 33.2 Å². The van der Waals surface area contributed by atoms with Crippen molar-refractivity contribution in [2.75, 3.05) is 5.48 Å². The second-order valence-electron chi connectivity index (χ2n) is 12.0. The number of hydrogen-bond donors (Lipinski definition) is 4. The zero-order valence-corrected chi connectivity index (χ0v) is 22.1. The van der Waals surface area contributed by atoms with E-state index in [1.165, 1.54) is 0 Å². The van der Waals surface area contributed by atoms with Gasteiger partial charge in [0.05, 0.1) is 17.4 Å². The molecule has 206 valence electrons. The second-order valence-corrected chi connectivity index (χ2v) is 12.0. The van der Waals surface area contributed by atoms with E-state index in [2.05, 4.69) is 5.48 Å². The standard InChI is InChI=1S/C31H35NO7/c1-31(35)14-4-7-20-24-22(39-30(20)31)15-23-26(29(24)37-18-5-2-3-6-18)27(34)25-19(12-13-21(33)28(25)38-23)16-8-10-17(32-36)11-9-16/h8-11,15,18-21,30,32-33,35-36H,2-7,12-14H2,1H3/t19-,20+,21+,30+,31-/m1/s1. The van der Waals surface area contributed by atoms with E-state index in [1.807, 2.05) is 19.1 Å². The Labute approximate surface area is 226 Å². The summed E-state index contributed by atoms with van der Waals surface area (Å²) in [5.41, 5.74) is 4.15. The Balaban J connectivity index is 1.45. The Morgan fingerprint density at radius 2 is 1.79 bits per heavy atom. The third-order valence-corrected chi connectivity index (χ3v) is 9.41. The van der Waals surface area contributed by atoms with Gasteiger partial charge in [0.15, 0.2) is 0 Å². The molecule has 2 fully saturated rings. The molecular weight excluding hydrogens is 498 g/mol. The molecule has 4 N–H and O–H groups in total. The molecule has 4 aliphatic rings. The SMILES string of the molecule is C[C@@]1(O)CCC[C@H]2c3c(cc4oc5c(c(=O)c4c3OC3CCCC3)[C@@H](c3ccc(NO)cc3)CC[C@@H]5O)O[C@@H]21. The fourth-order valence-corrected chi connectivity index (χ4v) is 7.44. The number of anilines is 1. The smallest absolute Gasteiger partial charge is 0.200 e. The number of rotatable bonds is 4. The van der Waals surface area contributed by atoms with Crippen molar-refractivity contribution < 1.29 is 29.3 Å². The van der Waals surface area contributed by atoms with Gasteiger partial charge in [-0.2, -0.15) is 0 Å². The first-order chi connectivity index (χ1) is 18.9. The summed E-state index contributed by atoms with van der Waals surface area (Å²) in [6.07, 6.45) is 6.19. The second kappa shape index (κ2) is 9.25. The van der Waals surface area contributed by atoms with Gasteiger partial charge in [0.1, 0.15) is 40.4 Å². The minimum Gasteiger partial charge on any atom is -0.489 e. The molecule has 2 heterocycles. The summed E-state index contributed by atoms with van der Waals surface area (Å²) in [6, 6.07) is 9.05. The molecule has 39 heavy (non-hydrogen) atoms. The van der Waals surface area contributed by atoms with Crippen LogP contribution < -0.4 is 20.4 Å². The monoisotopic (exact) mass is 533 g/mol. The van der Waals surface area contributed by atoms with Crippen molar-refractivity contribution in [3.63, 3.8) is 0 Å². The molecule has 5 atom stereocenters. The first-order valence-electron chi connectivity index (χ1n) is 14.3. The van der Waals surface area contributed by atoms with Crippen LogP contribution >= 0.6 is 0 Å². The maximum Gasteiger partial charge on any atom is 0.200 e. The average Bonchev–Trinajstić information content (AvgIpc) is 3.58. The van der Waals surface area contributed by atoms with Crippen molar-refractivity contribution in [3.05, 3.63) is 63.0 Å². The van der Waals surface area contributed by atoms with Crippen molar-refractivity contribution >= 4 is 16.7 Å². The molecule has 0 radical (unpaired) electrons. The van der Waals surface area contributed by atoms with Crippen molar-refractivity contribution in [1.82, 2.24) is 0 Å². The summed E-state index contributed by atoms with van der Waals surface area (Å²) in [5, 5.41) is 31.8. The lowest BCUT2D eigenvalue weighted by Gasteiger charge is -2.37. The minimum atomic E-state index is -0.980. The molecular formula is C31H35NO7. The molecule has 3 aromatic rings. The van der Waals surface area contributed by atoms with E-state index in [-0.39, 0.29) is 23.4 Å². The normalized spacial score (nSPS) is 29.9. The Morgan fingerprint density at radius 3 is 2.54 bits per heavy atom. The molecule has 1 aromatic heterocycles. The Morgan fingerprint density at radius 1 is 1.03 bits per heavy atom. The number of hydrogen-bond acceptors (Lipinski definition) is 8. The average molecular weight is 534 g/mol. The maximum absolute atomic E-state index is 14.5. The fraction of sp³-hybridized carbons (Fsp3) is 0.516. The van der Waals surface area contributed by atoms with E-state index in [0.29, 0.717) is 58.7 Å². The summed E-state index contributed by atoms with van der Waals surface area (Å²) in [7, 11) is 0. The summed E-state index contributed by atoms with van der Waals surface area (Å²) < 4.78 is 19.5. The maximum atomic E-state index is 14.5. The highest BCUT2D eigenvalue weighted by Crippen LogP contribution is 2.55. The van der Waals surface area contributed by atoms with Crippen LogP contribution in [0.4, 0.5) is 5.69 Å². The van der Waals surface area contributed by atoms with Crippen LogP contribution in [0, 0.1) is 0 Å². The zero-order valence-electron chi connectivity index (χ0n) is 22.1. The molecule has 0 bridgehead atoms. The highest BCUT2D eigenvalue weighted by Gasteiger charge is 2.50. The molecule has 0 unspecified atom stereocenters. The molecule has 0 spiro atoms.